The van der Waals surface area contributed by atoms with Gasteiger partial charge in [0.1, 0.15) is 5.75 Å². The van der Waals surface area contributed by atoms with Gasteiger partial charge in [0.15, 0.2) is 0 Å². The number of methoxy groups -OCH3 is 1. The van der Waals surface area contributed by atoms with Crippen molar-refractivity contribution in [2.75, 3.05) is 20.2 Å². The first-order valence-electron chi connectivity index (χ1n) is 8.35. The molecule has 0 aromatic heterocycles. The number of ether oxygens (including phenoxy) is 1. The molecule has 0 saturated heterocycles. The highest BCUT2D eigenvalue weighted by Gasteiger charge is 2.12. The Morgan fingerprint density at radius 3 is 2.28 bits per heavy atom. The van der Waals surface area contributed by atoms with E-state index in [-0.39, 0.29) is 0 Å². The van der Waals surface area contributed by atoms with E-state index in [4.69, 9.17) is 9.57 Å². The van der Waals surface area contributed by atoms with Crippen molar-refractivity contribution in [2.24, 2.45) is 5.16 Å². The van der Waals surface area contributed by atoms with Gasteiger partial charge in [0, 0.05) is 18.7 Å². The van der Waals surface area contributed by atoms with Crippen molar-refractivity contribution in [3.05, 3.63) is 54.1 Å². The number of oxime groups is 1. The van der Waals surface area contributed by atoms with Gasteiger partial charge in [-0.3, -0.25) is 4.84 Å². The highest BCUT2D eigenvalue weighted by atomic mass is 16.7. The topological polar surface area (TPSA) is 51.1 Å². The van der Waals surface area contributed by atoms with Crippen LogP contribution in [-0.4, -0.2) is 36.9 Å². The van der Waals surface area contributed by atoms with Crippen LogP contribution in [-0.2, 0) is 4.84 Å². The molecule has 25 heavy (non-hydrogen) atoms. The number of carbonyl (C=O) groups is 1. The molecule has 0 unspecified atom stereocenters. The smallest absolute Gasteiger partial charge is 0.435 e. The van der Waals surface area contributed by atoms with E-state index in [1.807, 2.05) is 69.3 Å². The Bertz CT molecular complexity index is 735. The molecule has 0 N–H and O–H groups in total. The Labute approximate surface area is 148 Å². The van der Waals surface area contributed by atoms with Crippen LogP contribution in [0.1, 0.15) is 26.3 Å². The van der Waals surface area contributed by atoms with Crippen molar-refractivity contribution in [3.63, 3.8) is 0 Å². The molecular weight excluding hydrogens is 316 g/mol. The normalized spacial score (nSPS) is 11.1. The summed E-state index contributed by atoms with van der Waals surface area (Å²) in [5, 5.41) is 4.03. The SMILES string of the molecule is CCN(CC)C(=O)O/N=C(\C)c1ccccc1-c1ccc(OC)cc1. The summed E-state index contributed by atoms with van der Waals surface area (Å²) in [7, 11) is 1.64. The second kappa shape index (κ2) is 8.87. The van der Waals surface area contributed by atoms with Crippen LogP contribution < -0.4 is 4.74 Å². The summed E-state index contributed by atoms with van der Waals surface area (Å²) in [6, 6.07) is 15.7. The monoisotopic (exact) mass is 340 g/mol. The third-order valence-corrected chi connectivity index (χ3v) is 4.00. The predicted octanol–water partition coefficient (Wildman–Crippen LogP) is 4.56. The quantitative estimate of drug-likeness (QED) is 0.440. The Kier molecular flexibility index (Phi) is 6.57. The number of benzene rings is 2. The van der Waals surface area contributed by atoms with Crippen LogP contribution in [0.4, 0.5) is 4.79 Å². The fourth-order valence-electron chi connectivity index (χ4n) is 2.52. The van der Waals surface area contributed by atoms with Crippen molar-refractivity contribution < 1.29 is 14.4 Å². The van der Waals surface area contributed by atoms with Crippen molar-refractivity contribution >= 4 is 11.8 Å². The Morgan fingerprint density at radius 2 is 1.68 bits per heavy atom. The molecular formula is C20H24N2O3. The van der Waals surface area contributed by atoms with Crippen LogP contribution in [0.15, 0.2) is 53.7 Å². The second-order valence-electron chi connectivity index (χ2n) is 5.48. The van der Waals surface area contributed by atoms with Crippen molar-refractivity contribution in [1.82, 2.24) is 4.90 Å². The number of nitrogens with zero attached hydrogens (tertiary/aromatic N) is 2. The zero-order valence-electron chi connectivity index (χ0n) is 15.2. The van der Waals surface area contributed by atoms with Gasteiger partial charge in [-0.15, -0.1) is 0 Å². The molecule has 0 fully saturated rings. The Morgan fingerprint density at radius 1 is 1.04 bits per heavy atom. The van der Waals surface area contributed by atoms with Crippen LogP contribution in [0.2, 0.25) is 0 Å². The number of rotatable bonds is 6. The number of amides is 1. The molecule has 2 aromatic carbocycles. The molecule has 1 amide bonds. The van der Waals surface area contributed by atoms with E-state index in [9.17, 15) is 4.79 Å². The summed E-state index contributed by atoms with van der Waals surface area (Å²) in [5.41, 5.74) is 3.62. The van der Waals surface area contributed by atoms with Crippen LogP contribution >= 0.6 is 0 Å². The lowest BCUT2D eigenvalue weighted by atomic mass is 9.97. The fraction of sp³-hybridized carbons (Fsp3) is 0.300. The fourth-order valence-corrected chi connectivity index (χ4v) is 2.52. The van der Waals surface area contributed by atoms with Gasteiger partial charge in [-0.2, -0.15) is 0 Å². The van der Waals surface area contributed by atoms with Gasteiger partial charge in [0.25, 0.3) is 0 Å². The van der Waals surface area contributed by atoms with Gasteiger partial charge in [-0.1, -0.05) is 41.6 Å². The number of hydrogen-bond acceptors (Lipinski definition) is 4. The molecule has 0 bridgehead atoms. The average molecular weight is 340 g/mol. The van der Waals surface area contributed by atoms with E-state index in [1.165, 1.54) is 0 Å². The van der Waals surface area contributed by atoms with Crippen molar-refractivity contribution in [2.45, 2.75) is 20.8 Å². The summed E-state index contributed by atoms with van der Waals surface area (Å²) < 4.78 is 5.21. The second-order valence-corrected chi connectivity index (χ2v) is 5.48. The molecule has 0 spiro atoms. The maximum absolute atomic E-state index is 11.9. The highest BCUT2D eigenvalue weighted by Crippen LogP contribution is 2.26. The standard InChI is InChI=1S/C20H24N2O3/c1-5-22(6-2)20(23)25-21-15(3)18-9-7-8-10-19(18)16-11-13-17(24-4)14-12-16/h7-14H,5-6H2,1-4H3/b21-15+. The molecule has 0 aliphatic carbocycles. The minimum Gasteiger partial charge on any atom is -0.497 e. The molecule has 5 nitrogen and oxygen atoms in total. The zero-order chi connectivity index (χ0) is 18.2. The van der Waals surface area contributed by atoms with Gasteiger partial charge >= 0.3 is 6.09 Å². The molecule has 0 saturated carbocycles. The van der Waals surface area contributed by atoms with Gasteiger partial charge in [0.2, 0.25) is 0 Å². The lowest BCUT2D eigenvalue weighted by Crippen LogP contribution is -2.30. The van der Waals surface area contributed by atoms with Crippen molar-refractivity contribution in [1.29, 1.82) is 0 Å². The summed E-state index contributed by atoms with van der Waals surface area (Å²) >= 11 is 0. The van der Waals surface area contributed by atoms with E-state index in [0.29, 0.717) is 18.8 Å². The summed E-state index contributed by atoms with van der Waals surface area (Å²) in [6.45, 7) is 6.82. The number of carbonyl (C=O) groups excluding carboxylic acids is 1. The van der Waals surface area contributed by atoms with E-state index in [0.717, 1.165) is 22.4 Å². The third kappa shape index (κ3) is 4.59. The maximum Gasteiger partial charge on any atom is 0.435 e. The van der Waals surface area contributed by atoms with Gasteiger partial charge < -0.3 is 9.64 Å². The van der Waals surface area contributed by atoms with Gasteiger partial charge in [-0.05, 0) is 44.0 Å². The Hall–Kier alpha value is -2.82. The summed E-state index contributed by atoms with van der Waals surface area (Å²) in [4.78, 5) is 18.6. The molecule has 0 heterocycles. The lowest BCUT2D eigenvalue weighted by molar-refractivity contribution is 0.109. The molecule has 2 aromatic rings. The first kappa shape index (κ1) is 18.5. The largest absolute Gasteiger partial charge is 0.497 e. The molecule has 2 rings (SSSR count). The molecule has 0 aliphatic rings. The van der Waals surface area contributed by atoms with Crippen LogP contribution in [0, 0.1) is 0 Å². The first-order chi connectivity index (χ1) is 12.1. The van der Waals surface area contributed by atoms with E-state index >= 15 is 0 Å². The van der Waals surface area contributed by atoms with Crippen LogP contribution in [0.5, 0.6) is 5.75 Å². The van der Waals surface area contributed by atoms with Crippen LogP contribution in [0.25, 0.3) is 11.1 Å². The van der Waals surface area contributed by atoms with E-state index in [1.54, 1.807) is 12.0 Å². The third-order valence-electron chi connectivity index (χ3n) is 4.00. The number of hydrogen-bond donors (Lipinski definition) is 0. The molecule has 0 radical (unpaired) electrons. The zero-order valence-corrected chi connectivity index (χ0v) is 15.2. The van der Waals surface area contributed by atoms with Gasteiger partial charge in [0.05, 0.1) is 12.8 Å². The molecule has 5 heteroatoms. The first-order valence-corrected chi connectivity index (χ1v) is 8.35. The van der Waals surface area contributed by atoms with Crippen LogP contribution in [0.3, 0.4) is 0 Å². The highest BCUT2D eigenvalue weighted by molar-refractivity contribution is 6.04. The Balaban J connectivity index is 2.26. The van der Waals surface area contributed by atoms with E-state index < -0.39 is 6.09 Å². The molecule has 0 atom stereocenters. The predicted molar refractivity (Wildman–Crippen MR) is 100 cm³/mol. The molecule has 132 valence electrons. The summed E-state index contributed by atoms with van der Waals surface area (Å²) in [5.74, 6) is 0.805. The van der Waals surface area contributed by atoms with Crippen molar-refractivity contribution in [3.8, 4) is 16.9 Å². The minimum atomic E-state index is -0.439. The average Bonchev–Trinajstić information content (AvgIpc) is 2.67. The minimum absolute atomic E-state index is 0.439. The lowest BCUT2D eigenvalue weighted by Gasteiger charge is -2.16. The molecule has 0 aliphatic heterocycles. The van der Waals surface area contributed by atoms with E-state index in [2.05, 4.69) is 5.16 Å². The summed E-state index contributed by atoms with van der Waals surface area (Å²) in [6.07, 6.45) is -0.439. The van der Waals surface area contributed by atoms with Gasteiger partial charge in [-0.25, -0.2) is 4.79 Å². The maximum atomic E-state index is 11.9.